The number of nitro benzene ring substituents is 1. The van der Waals surface area contributed by atoms with Crippen molar-refractivity contribution in [3.63, 3.8) is 0 Å². The predicted octanol–water partition coefficient (Wildman–Crippen LogP) is 2.62. The molecule has 1 aromatic heterocycles. The summed E-state index contributed by atoms with van der Waals surface area (Å²) >= 11 is 0. The largest absolute Gasteiger partial charge is 0.484 e. The Labute approximate surface area is 162 Å². The van der Waals surface area contributed by atoms with Gasteiger partial charge in [-0.1, -0.05) is 0 Å². The molecule has 2 aromatic rings. The van der Waals surface area contributed by atoms with Crippen molar-refractivity contribution in [2.45, 2.75) is 26.1 Å². The van der Waals surface area contributed by atoms with Crippen molar-refractivity contribution in [1.82, 2.24) is 4.98 Å². The van der Waals surface area contributed by atoms with E-state index in [0.29, 0.717) is 11.4 Å². The maximum atomic E-state index is 12.0. The highest BCUT2D eigenvalue weighted by Crippen LogP contribution is 2.20. The standard InChI is InChI=1S/C19H22N4O5/c1-13-10-22(11-14(2)28-13)18-8-3-15(9-20-18)21-19(24)12-27-17-6-4-16(5-7-17)23(25)26/h3-9,13-14H,10-12H2,1-2H3,(H,21,24). The van der Waals surface area contributed by atoms with Gasteiger partial charge >= 0.3 is 0 Å². The van der Waals surface area contributed by atoms with E-state index in [1.54, 1.807) is 12.3 Å². The topological polar surface area (TPSA) is 107 Å². The molecule has 0 saturated carbocycles. The zero-order valence-corrected chi connectivity index (χ0v) is 15.7. The number of hydrogen-bond acceptors (Lipinski definition) is 7. The average Bonchev–Trinajstić information content (AvgIpc) is 2.66. The monoisotopic (exact) mass is 386 g/mol. The van der Waals surface area contributed by atoms with Crippen molar-refractivity contribution in [3.8, 4) is 5.75 Å². The number of nitrogens with zero attached hydrogens (tertiary/aromatic N) is 3. The molecule has 0 spiro atoms. The lowest BCUT2D eigenvalue weighted by Crippen LogP contribution is -2.45. The smallest absolute Gasteiger partial charge is 0.269 e. The third-order valence-corrected chi connectivity index (χ3v) is 4.19. The Morgan fingerprint density at radius 3 is 2.50 bits per heavy atom. The first kappa shape index (κ1) is 19.6. The number of hydrogen-bond donors (Lipinski definition) is 1. The molecule has 2 heterocycles. The van der Waals surface area contributed by atoms with Gasteiger partial charge in [-0.3, -0.25) is 14.9 Å². The Morgan fingerprint density at radius 1 is 1.25 bits per heavy atom. The molecule has 1 aliphatic heterocycles. The summed E-state index contributed by atoms with van der Waals surface area (Å²) < 4.78 is 11.1. The van der Waals surface area contributed by atoms with Gasteiger partial charge in [0.15, 0.2) is 6.61 Å². The Kier molecular flexibility index (Phi) is 6.05. The Balaban J connectivity index is 1.51. The number of non-ortho nitro benzene ring substituents is 1. The van der Waals surface area contributed by atoms with Crippen LogP contribution in [0.2, 0.25) is 0 Å². The molecule has 2 atom stereocenters. The minimum absolute atomic E-state index is 0.0352. The Hall–Kier alpha value is -3.20. The number of ether oxygens (including phenoxy) is 2. The molecule has 2 unspecified atom stereocenters. The second-order valence-corrected chi connectivity index (χ2v) is 6.66. The van der Waals surface area contributed by atoms with Gasteiger partial charge in [0.25, 0.3) is 11.6 Å². The van der Waals surface area contributed by atoms with Gasteiger partial charge in [-0.25, -0.2) is 4.98 Å². The fourth-order valence-electron chi connectivity index (χ4n) is 3.02. The van der Waals surface area contributed by atoms with Crippen molar-refractivity contribution in [2.24, 2.45) is 0 Å². The summed E-state index contributed by atoms with van der Waals surface area (Å²) in [6.45, 7) is 5.39. The molecule has 1 saturated heterocycles. The van der Waals surface area contributed by atoms with E-state index >= 15 is 0 Å². The molecule has 9 nitrogen and oxygen atoms in total. The van der Waals surface area contributed by atoms with Gasteiger partial charge in [0.05, 0.1) is 29.0 Å². The van der Waals surface area contributed by atoms with Crippen molar-refractivity contribution >= 4 is 23.1 Å². The van der Waals surface area contributed by atoms with E-state index in [4.69, 9.17) is 9.47 Å². The van der Waals surface area contributed by atoms with E-state index in [0.717, 1.165) is 18.9 Å². The van der Waals surface area contributed by atoms with E-state index in [-0.39, 0.29) is 30.4 Å². The normalized spacial score (nSPS) is 19.1. The first-order chi connectivity index (χ1) is 13.4. The fraction of sp³-hybridized carbons (Fsp3) is 0.368. The number of amides is 1. The van der Waals surface area contributed by atoms with Crippen molar-refractivity contribution in [3.05, 3.63) is 52.7 Å². The second-order valence-electron chi connectivity index (χ2n) is 6.66. The van der Waals surface area contributed by atoms with Crippen LogP contribution in [0.3, 0.4) is 0 Å². The van der Waals surface area contributed by atoms with Gasteiger partial charge in [-0.05, 0) is 38.1 Å². The minimum atomic E-state index is -0.495. The summed E-state index contributed by atoms with van der Waals surface area (Å²) in [5.41, 5.74) is 0.530. The predicted molar refractivity (Wildman–Crippen MR) is 104 cm³/mol. The summed E-state index contributed by atoms with van der Waals surface area (Å²) in [6.07, 6.45) is 1.88. The number of anilines is 2. The third kappa shape index (κ3) is 5.17. The van der Waals surface area contributed by atoms with Crippen LogP contribution in [0.15, 0.2) is 42.6 Å². The molecule has 3 rings (SSSR count). The van der Waals surface area contributed by atoms with Gasteiger partial charge < -0.3 is 19.7 Å². The molecule has 0 aliphatic carbocycles. The SMILES string of the molecule is CC1CN(c2ccc(NC(=O)COc3ccc([N+](=O)[O-])cc3)cn2)CC(C)O1. The van der Waals surface area contributed by atoms with Crippen LogP contribution in [0.5, 0.6) is 5.75 Å². The van der Waals surface area contributed by atoms with Crippen LogP contribution in [-0.2, 0) is 9.53 Å². The van der Waals surface area contributed by atoms with E-state index < -0.39 is 4.92 Å². The van der Waals surface area contributed by atoms with Crippen LogP contribution in [0.25, 0.3) is 0 Å². The van der Waals surface area contributed by atoms with Gasteiger partial charge in [0, 0.05) is 25.2 Å². The molecular weight excluding hydrogens is 364 g/mol. The lowest BCUT2D eigenvalue weighted by molar-refractivity contribution is -0.384. The number of pyridine rings is 1. The fourth-order valence-corrected chi connectivity index (χ4v) is 3.02. The van der Waals surface area contributed by atoms with Crippen LogP contribution in [0.4, 0.5) is 17.2 Å². The molecule has 1 amide bonds. The maximum Gasteiger partial charge on any atom is 0.269 e. The third-order valence-electron chi connectivity index (χ3n) is 4.19. The molecular formula is C19H22N4O5. The van der Waals surface area contributed by atoms with Crippen molar-refractivity contribution in [1.29, 1.82) is 0 Å². The molecule has 28 heavy (non-hydrogen) atoms. The van der Waals surface area contributed by atoms with Gasteiger partial charge in [0.1, 0.15) is 11.6 Å². The van der Waals surface area contributed by atoms with Crippen LogP contribution in [-0.4, -0.2) is 47.7 Å². The molecule has 1 N–H and O–H groups in total. The number of rotatable bonds is 6. The number of nitro groups is 1. The summed E-state index contributed by atoms with van der Waals surface area (Å²) in [5.74, 6) is 0.869. The van der Waals surface area contributed by atoms with Crippen LogP contribution < -0.4 is 15.0 Å². The van der Waals surface area contributed by atoms with Crippen LogP contribution in [0, 0.1) is 10.1 Å². The summed E-state index contributed by atoms with van der Waals surface area (Å²) in [5, 5.41) is 13.3. The zero-order chi connectivity index (χ0) is 20.1. The van der Waals surface area contributed by atoms with Gasteiger partial charge in [-0.2, -0.15) is 0 Å². The quantitative estimate of drug-likeness (QED) is 0.601. The van der Waals surface area contributed by atoms with E-state index in [1.807, 2.05) is 19.9 Å². The molecule has 1 fully saturated rings. The van der Waals surface area contributed by atoms with E-state index in [1.165, 1.54) is 24.3 Å². The molecule has 9 heteroatoms. The summed E-state index contributed by atoms with van der Waals surface area (Å²) in [6, 6.07) is 9.19. The lowest BCUT2D eigenvalue weighted by atomic mass is 10.2. The summed E-state index contributed by atoms with van der Waals surface area (Å²) in [7, 11) is 0. The number of carbonyl (C=O) groups is 1. The molecule has 0 bridgehead atoms. The number of morpholine rings is 1. The number of benzene rings is 1. The minimum Gasteiger partial charge on any atom is -0.484 e. The summed E-state index contributed by atoms with van der Waals surface area (Å²) in [4.78, 5) is 28.7. The maximum absolute atomic E-state index is 12.0. The number of carbonyl (C=O) groups excluding carboxylic acids is 1. The lowest BCUT2D eigenvalue weighted by Gasteiger charge is -2.36. The van der Waals surface area contributed by atoms with E-state index in [9.17, 15) is 14.9 Å². The molecule has 0 radical (unpaired) electrons. The Bertz CT molecular complexity index is 815. The highest BCUT2D eigenvalue weighted by Gasteiger charge is 2.23. The van der Waals surface area contributed by atoms with Gasteiger partial charge in [0.2, 0.25) is 0 Å². The highest BCUT2D eigenvalue weighted by atomic mass is 16.6. The highest BCUT2D eigenvalue weighted by molar-refractivity contribution is 5.91. The van der Waals surface area contributed by atoms with Crippen molar-refractivity contribution in [2.75, 3.05) is 29.9 Å². The number of aromatic nitrogens is 1. The van der Waals surface area contributed by atoms with E-state index in [2.05, 4.69) is 15.2 Å². The van der Waals surface area contributed by atoms with Crippen LogP contribution in [0.1, 0.15) is 13.8 Å². The van der Waals surface area contributed by atoms with Crippen LogP contribution >= 0.6 is 0 Å². The Morgan fingerprint density at radius 2 is 1.93 bits per heavy atom. The van der Waals surface area contributed by atoms with Gasteiger partial charge in [-0.15, -0.1) is 0 Å². The van der Waals surface area contributed by atoms with Crippen molar-refractivity contribution < 1.29 is 19.2 Å². The first-order valence-corrected chi connectivity index (χ1v) is 8.94. The molecule has 1 aliphatic rings. The molecule has 1 aromatic carbocycles. The average molecular weight is 386 g/mol. The second kappa shape index (κ2) is 8.66. The molecule has 148 valence electrons. The zero-order valence-electron chi connectivity index (χ0n) is 15.7. The number of nitrogens with one attached hydrogen (secondary N) is 1. The first-order valence-electron chi connectivity index (χ1n) is 8.94.